The van der Waals surface area contributed by atoms with E-state index in [0.717, 1.165) is 37.9 Å². The molecule has 0 bridgehead atoms. The number of aliphatic hydroxyl groups excluding tert-OH is 1. The number of hydrogen-bond acceptors (Lipinski definition) is 4. The molecule has 0 radical (unpaired) electrons. The highest BCUT2D eigenvalue weighted by Crippen LogP contribution is 2.27. The summed E-state index contributed by atoms with van der Waals surface area (Å²) in [7, 11) is 0. The number of nitrogens with two attached hydrogens (primary N) is 1. The fourth-order valence-corrected chi connectivity index (χ4v) is 3.34. The van der Waals surface area contributed by atoms with E-state index in [2.05, 4.69) is 24.3 Å². The van der Waals surface area contributed by atoms with Crippen molar-refractivity contribution in [3.8, 4) is 5.75 Å². The molecule has 2 aromatic carbocycles. The van der Waals surface area contributed by atoms with Crippen molar-refractivity contribution in [3.63, 3.8) is 0 Å². The Morgan fingerprint density at radius 2 is 1.93 bits per heavy atom. The molecule has 28 heavy (non-hydrogen) atoms. The molecule has 3 rings (SSSR count). The standard InChI is InChI=1S/C13H18N2O.C10H12O2/c14-9-11-2-1-3-13(8-11)12-4-6-15(10-16)7-5-12;1-2-3-8-4-5-10(12)9(6-8)7-11/h1-3,8,10,12H,4-7,9,14H2;2-6,11-12H,7H2,1H3/b;3-2+. The monoisotopic (exact) mass is 382 g/mol. The minimum Gasteiger partial charge on any atom is -0.508 e. The molecule has 0 spiro atoms. The van der Waals surface area contributed by atoms with Crippen LogP contribution < -0.4 is 5.73 Å². The average molecular weight is 383 g/mol. The van der Waals surface area contributed by atoms with Crippen molar-refractivity contribution in [3.05, 3.63) is 70.8 Å². The summed E-state index contributed by atoms with van der Waals surface area (Å²) in [6.45, 7) is 4.14. The van der Waals surface area contributed by atoms with E-state index in [1.807, 2.05) is 24.0 Å². The maximum absolute atomic E-state index is 10.6. The van der Waals surface area contributed by atoms with Crippen molar-refractivity contribution < 1.29 is 15.0 Å². The summed E-state index contributed by atoms with van der Waals surface area (Å²) >= 11 is 0. The van der Waals surface area contributed by atoms with E-state index >= 15 is 0 Å². The molecule has 0 saturated carbocycles. The number of allylic oxidation sites excluding steroid dienone is 1. The van der Waals surface area contributed by atoms with Gasteiger partial charge in [0.15, 0.2) is 0 Å². The van der Waals surface area contributed by atoms with Crippen LogP contribution in [0.3, 0.4) is 0 Å². The lowest BCUT2D eigenvalue weighted by atomic mass is 9.89. The van der Waals surface area contributed by atoms with Crippen molar-refractivity contribution in [2.75, 3.05) is 13.1 Å². The zero-order valence-electron chi connectivity index (χ0n) is 16.4. The van der Waals surface area contributed by atoms with E-state index in [0.29, 0.717) is 18.0 Å². The van der Waals surface area contributed by atoms with Gasteiger partial charge in [0.1, 0.15) is 5.75 Å². The first-order chi connectivity index (χ1) is 13.6. The smallest absolute Gasteiger partial charge is 0.209 e. The van der Waals surface area contributed by atoms with Crippen LogP contribution in [0.15, 0.2) is 48.5 Å². The van der Waals surface area contributed by atoms with Crippen molar-refractivity contribution >= 4 is 12.5 Å². The lowest BCUT2D eigenvalue weighted by Crippen LogP contribution is -2.31. The fraction of sp³-hybridized carbons (Fsp3) is 0.348. The molecule has 5 heteroatoms. The molecule has 4 N–H and O–H groups in total. The Morgan fingerprint density at radius 3 is 2.54 bits per heavy atom. The molecular weight excluding hydrogens is 352 g/mol. The Bertz CT molecular complexity index is 781. The number of aromatic hydroxyl groups is 1. The van der Waals surface area contributed by atoms with E-state index in [4.69, 9.17) is 10.8 Å². The molecule has 0 unspecified atom stereocenters. The SMILES string of the molecule is C/C=C/c1ccc(O)c(CO)c1.NCc1cccc(C2CCN(C=O)CC2)c1. The van der Waals surface area contributed by atoms with Crippen molar-refractivity contribution in [2.45, 2.75) is 38.8 Å². The number of rotatable bonds is 5. The molecule has 2 aromatic rings. The van der Waals surface area contributed by atoms with Gasteiger partial charge < -0.3 is 20.8 Å². The summed E-state index contributed by atoms with van der Waals surface area (Å²) in [5, 5.41) is 18.0. The molecule has 1 amide bonds. The van der Waals surface area contributed by atoms with E-state index in [-0.39, 0.29) is 12.4 Å². The van der Waals surface area contributed by atoms with Crippen LogP contribution in [0.1, 0.15) is 47.9 Å². The van der Waals surface area contributed by atoms with Gasteiger partial charge in [0.2, 0.25) is 6.41 Å². The van der Waals surface area contributed by atoms with Gasteiger partial charge in [-0.2, -0.15) is 0 Å². The van der Waals surface area contributed by atoms with Crippen molar-refractivity contribution in [2.24, 2.45) is 5.73 Å². The summed E-state index contributed by atoms with van der Waals surface area (Å²) in [4.78, 5) is 12.5. The Labute approximate surface area is 167 Å². The van der Waals surface area contributed by atoms with Gasteiger partial charge in [0.05, 0.1) is 6.61 Å². The summed E-state index contributed by atoms with van der Waals surface area (Å²) < 4.78 is 0. The molecule has 1 aliphatic rings. The number of nitrogens with zero attached hydrogens (tertiary/aromatic N) is 1. The van der Waals surface area contributed by atoms with Crippen LogP contribution in [0.25, 0.3) is 6.08 Å². The molecule has 0 aromatic heterocycles. The van der Waals surface area contributed by atoms with Gasteiger partial charge in [0, 0.05) is 25.2 Å². The van der Waals surface area contributed by atoms with Crippen LogP contribution in [-0.4, -0.2) is 34.6 Å². The topological polar surface area (TPSA) is 86.8 Å². The minimum absolute atomic E-state index is 0.128. The average Bonchev–Trinajstić information content (AvgIpc) is 2.76. The summed E-state index contributed by atoms with van der Waals surface area (Å²) in [5.41, 5.74) is 9.74. The molecule has 1 fully saturated rings. The molecular formula is C23H30N2O3. The zero-order valence-corrected chi connectivity index (χ0v) is 16.4. The molecule has 0 atom stereocenters. The van der Waals surface area contributed by atoms with Gasteiger partial charge in [-0.15, -0.1) is 0 Å². The van der Waals surface area contributed by atoms with Crippen molar-refractivity contribution in [1.29, 1.82) is 0 Å². The van der Waals surface area contributed by atoms with E-state index < -0.39 is 0 Å². The summed E-state index contributed by atoms with van der Waals surface area (Å²) in [6, 6.07) is 13.6. The van der Waals surface area contributed by atoms with Gasteiger partial charge in [-0.3, -0.25) is 4.79 Å². The van der Waals surface area contributed by atoms with Gasteiger partial charge in [-0.25, -0.2) is 0 Å². The predicted octanol–water partition coefficient (Wildman–Crippen LogP) is 3.40. The van der Waals surface area contributed by atoms with E-state index in [9.17, 15) is 9.90 Å². The maximum Gasteiger partial charge on any atom is 0.209 e. The second-order valence-corrected chi connectivity index (χ2v) is 6.91. The fourth-order valence-electron chi connectivity index (χ4n) is 3.34. The maximum atomic E-state index is 10.6. The minimum atomic E-state index is -0.128. The third-order valence-electron chi connectivity index (χ3n) is 4.97. The Morgan fingerprint density at radius 1 is 1.18 bits per heavy atom. The Balaban J connectivity index is 0.000000209. The Kier molecular flexibility index (Phi) is 8.72. The van der Waals surface area contributed by atoms with Gasteiger partial charge in [-0.1, -0.05) is 42.5 Å². The number of piperidine rings is 1. The number of carbonyl (C=O) groups is 1. The second-order valence-electron chi connectivity index (χ2n) is 6.91. The second kappa shape index (κ2) is 11.3. The quantitative estimate of drug-likeness (QED) is 0.692. The first-order valence-corrected chi connectivity index (χ1v) is 9.65. The van der Waals surface area contributed by atoms with Crippen LogP contribution in [-0.2, 0) is 17.9 Å². The lowest BCUT2D eigenvalue weighted by molar-refractivity contribution is -0.119. The normalized spacial score (nSPS) is 14.6. The number of aliphatic hydroxyl groups is 1. The van der Waals surface area contributed by atoms with Crippen LogP contribution in [0.2, 0.25) is 0 Å². The molecule has 1 heterocycles. The lowest BCUT2D eigenvalue weighted by Gasteiger charge is -2.29. The van der Waals surface area contributed by atoms with Crippen LogP contribution in [0, 0.1) is 0 Å². The van der Waals surface area contributed by atoms with E-state index in [1.54, 1.807) is 18.2 Å². The molecule has 5 nitrogen and oxygen atoms in total. The van der Waals surface area contributed by atoms with Gasteiger partial charge in [0.25, 0.3) is 0 Å². The predicted molar refractivity (Wildman–Crippen MR) is 113 cm³/mol. The zero-order chi connectivity index (χ0) is 20.4. The first-order valence-electron chi connectivity index (χ1n) is 9.65. The molecule has 1 saturated heterocycles. The summed E-state index contributed by atoms with van der Waals surface area (Å²) in [6.07, 6.45) is 6.90. The van der Waals surface area contributed by atoms with Crippen molar-refractivity contribution in [1.82, 2.24) is 4.90 Å². The third-order valence-corrected chi connectivity index (χ3v) is 4.97. The molecule has 1 aliphatic heterocycles. The van der Waals surface area contributed by atoms with Crippen LogP contribution in [0.4, 0.5) is 0 Å². The van der Waals surface area contributed by atoms with Crippen LogP contribution in [0.5, 0.6) is 5.75 Å². The van der Waals surface area contributed by atoms with Gasteiger partial charge >= 0.3 is 0 Å². The first kappa shape index (κ1) is 21.7. The molecule has 150 valence electrons. The van der Waals surface area contributed by atoms with Crippen LogP contribution >= 0.6 is 0 Å². The number of benzene rings is 2. The highest BCUT2D eigenvalue weighted by Gasteiger charge is 2.19. The van der Waals surface area contributed by atoms with Gasteiger partial charge in [-0.05, 0) is 54.5 Å². The number of likely N-dealkylation sites (tertiary alicyclic amines) is 1. The third kappa shape index (κ3) is 6.22. The number of carbonyl (C=O) groups excluding carboxylic acids is 1. The number of phenols is 1. The number of amides is 1. The Hall–Kier alpha value is -2.63. The summed E-state index contributed by atoms with van der Waals surface area (Å²) in [5.74, 6) is 0.730. The highest BCUT2D eigenvalue weighted by atomic mass is 16.3. The number of hydrogen-bond donors (Lipinski definition) is 3. The highest BCUT2D eigenvalue weighted by molar-refractivity contribution is 5.52. The molecule has 0 aliphatic carbocycles. The largest absolute Gasteiger partial charge is 0.508 e. The van der Waals surface area contributed by atoms with E-state index in [1.165, 1.54) is 11.1 Å².